The van der Waals surface area contributed by atoms with E-state index in [2.05, 4.69) is 38.8 Å². The molecule has 0 aliphatic carbocycles. The topological polar surface area (TPSA) is 41.6 Å². The standard InChI is InChI=1S/C17H19BrN2O2S/c1-20(9-12-6-16(18)23-11-12)10-17(21)19-8-14-7-13-4-2-3-5-15(13)22-14/h2-6,11,14H,7-10H2,1H3,(H,19,21). The van der Waals surface area contributed by atoms with Crippen molar-refractivity contribution in [2.75, 3.05) is 20.1 Å². The van der Waals surface area contributed by atoms with Crippen molar-refractivity contribution in [2.24, 2.45) is 0 Å². The lowest BCUT2D eigenvalue weighted by atomic mass is 10.1. The number of fused-ring (bicyclic) bond motifs is 1. The monoisotopic (exact) mass is 394 g/mol. The van der Waals surface area contributed by atoms with Crippen LogP contribution < -0.4 is 10.1 Å². The molecule has 1 aliphatic rings. The predicted octanol–water partition coefficient (Wildman–Crippen LogP) is 3.06. The lowest BCUT2D eigenvalue weighted by Gasteiger charge is -2.17. The summed E-state index contributed by atoms with van der Waals surface area (Å²) in [7, 11) is 1.95. The van der Waals surface area contributed by atoms with Crippen LogP contribution in [0.4, 0.5) is 0 Å². The second-order valence-corrected chi connectivity index (χ2v) is 8.08. The first-order valence-electron chi connectivity index (χ1n) is 7.53. The van der Waals surface area contributed by atoms with E-state index in [1.165, 1.54) is 11.1 Å². The minimum absolute atomic E-state index is 0.0290. The summed E-state index contributed by atoms with van der Waals surface area (Å²) in [6, 6.07) is 10.1. The largest absolute Gasteiger partial charge is 0.488 e. The summed E-state index contributed by atoms with van der Waals surface area (Å²) in [5.74, 6) is 0.966. The first kappa shape index (κ1) is 16.5. The first-order valence-corrected chi connectivity index (χ1v) is 9.20. The van der Waals surface area contributed by atoms with Gasteiger partial charge in [-0.2, -0.15) is 0 Å². The highest BCUT2D eigenvalue weighted by Gasteiger charge is 2.22. The molecule has 3 rings (SSSR count). The van der Waals surface area contributed by atoms with Crippen LogP contribution in [0, 0.1) is 0 Å². The fourth-order valence-electron chi connectivity index (χ4n) is 2.69. The molecule has 0 radical (unpaired) electrons. The Bertz CT molecular complexity index is 664. The smallest absolute Gasteiger partial charge is 0.234 e. The number of rotatable bonds is 6. The molecular formula is C17H19BrN2O2S. The van der Waals surface area contributed by atoms with Gasteiger partial charge in [0.2, 0.25) is 5.91 Å². The summed E-state index contributed by atoms with van der Waals surface area (Å²) >= 11 is 5.11. The van der Waals surface area contributed by atoms with Gasteiger partial charge in [-0.3, -0.25) is 9.69 Å². The molecule has 0 saturated carbocycles. The van der Waals surface area contributed by atoms with Gasteiger partial charge in [-0.1, -0.05) is 18.2 Å². The molecule has 1 unspecified atom stereocenters. The molecule has 4 nitrogen and oxygen atoms in total. The number of hydrogen-bond acceptors (Lipinski definition) is 4. The molecule has 2 aromatic rings. The molecule has 6 heteroatoms. The number of thiophene rings is 1. The zero-order valence-electron chi connectivity index (χ0n) is 12.9. The molecule has 1 N–H and O–H groups in total. The zero-order valence-corrected chi connectivity index (χ0v) is 15.3. The minimum atomic E-state index is 0.0290. The average molecular weight is 395 g/mol. The number of benzene rings is 1. The van der Waals surface area contributed by atoms with E-state index in [0.717, 1.165) is 22.5 Å². The normalized spacial score (nSPS) is 16.2. The summed E-state index contributed by atoms with van der Waals surface area (Å²) in [5.41, 5.74) is 2.43. The first-order chi connectivity index (χ1) is 11.1. The molecule has 0 bridgehead atoms. The molecule has 2 heterocycles. The molecule has 122 valence electrons. The molecule has 1 aromatic carbocycles. The average Bonchev–Trinajstić information content (AvgIpc) is 3.10. The van der Waals surface area contributed by atoms with Gasteiger partial charge in [0.15, 0.2) is 0 Å². The molecule has 1 aliphatic heterocycles. The van der Waals surface area contributed by atoms with Gasteiger partial charge >= 0.3 is 0 Å². The maximum atomic E-state index is 12.1. The zero-order chi connectivity index (χ0) is 16.2. The van der Waals surface area contributed by atoms with E-state index in [1.54, 1.807) is 11.3 Å². The predicted molar refractivity (Wildman–Crippen MR) is 95.9 cm³/mol. The third-order valence-corrected chi connectivity index (χ3v) is 5.28. The molecule has 1 aromatic heterocycles. The van der Waals surface area contributed by atoms with Gasteiger partial charge in [0.25, 0.3) is 0 Å². The molecule has 1 amide bonds. The van der Waals surface area contributed by atoms with E-state index in [-0.39, 0.29) is 12.0 Å². The molecule has 23 heavy (non-hydrogen) atoms. The van der Waals surface area contributed by atoms with Gasteiger partial charge < -0.3 is 10.1 Å². The number of hydrogen-bond donors (Lipinski definition) is 1. The summed E-state index contributed by atoms with van der Waals surface area (Å²) in [6.07, 6.45) is 0.893. The van der Waals surface area contributed by atoms with Gasteiger partial charge in [0.05, 0.1) is 16.9 Å². The Labute approximate surface area is 148 Å². The molecule has 1 atom stereocenters. The van der Waals surface area contributed by atoms with E-state index < -0.39 is 0 Å². The minimum Gasteiger partial charge on any atom is -0.488 e. The van der Waals surface area contributed by atoms with Crippen molar-refractivity contribution in [1.82, 2.24) is 10.2 Å². The van der Waals surface area contributed by atoms with Crippen LogP contribution in [-0.2, 0) is 17.8 Å². The third kappa shape index (κ3) is 4.56. The van der Waals surface area contributed by atoms with Crippen LogP contribution in [-0.4, -0.2) is 37.0 Å². The second kappa shape index (κ2) is 7.47. The van der Waals surface area contributed by atoms with E-state index in [4.69, 9.17) is 4.74 Å². The fourth-order valence-corrected chi connectivity index (χ4v) is 3.89. The SMILES string of the molecule is CN(CC(=O)NCC1Cc2ccccc2O1)Cc1csc(Br)c1. The van der Waals surface area contributed by atoms with E-state index in [9.17, 15) is 4.79 Å². The van der Waals surface area contributed by atoms with Crippen LogP contribution in [0.3, 0.4) is 0 Å². The van der Waals surface area contributed by atoms with Gasteiger partial charge in [-0.05, 0) is 51.6 Å². The lowest BCUT2D eigenvalue weighted by molar-refractivity contribution is -0.122. The number of halogens is 1. The Hall–Kier alpha value is -1.37. The fraction of sp³-hybridized carbons (Fsp3) is 0.353. The number of nitrogens with one attached hydrogen (secondary N) is 1. The van der Waals surface area contributed by atoms with Gasteiger partial charge in [0, 0.05) is 13.0 Å². The maximum absolute atomic E-state index is 12.1. The summed E-state index contributed by atoms with van der Waals surface area (Å²) < 4.78 is 6.94. The highest BCUT2D eigenvalue weighted by Crippen LogP contribution is 2.27. The van der Waals surface area contributed by atoms with Crippen molar-refractivity contribution in [3.8, 4) is 5.75 Å². The van der Waals surface area contributed by atoms with Crippen LogP contribution in [0.2, 0.25) is 0 Å². The Morgan fingerprint density at radius 2 is 2.30 bits per heavy atom. The molecule has 0 spiro atoms. The van der Waals surface area contributed by atoms with Gasteiger partial charge in [-0.25, -0.2) is 0 Å². The van der Waals surface area contributed by atoms with Crippen LogP contribution in [0.5, 0.6) is 5.75 Å². The number of amides is 1. The Kier molecular flexibility index (Phi) is 5.35. The molecular weight excluding hydrogens is 376 g/mol. The third-order valence-electron chi connectivity index (χ3n) is 3.73. The number of carbonyl (C=O) groups is 1. The van der Waals surface area contributed by atoms with E-state index >= 15 is 0 Å². The van der Waals surface area contributed by atoms with Gasteiger partial charge in [-0.15, -0.1) is 11.3 Å². The lowest BCUT2D eigenvalue weighted by Crippen LogP contribution is -2.39. The number of para-hydroxylation sites is 1. The Morgan fingerprint density at radius 3 is 3.04 bits per heavy atom. The maximum Gasteiger partial charge on any atom is 0.234 e. The van der Waals surface area contributed by atoms with E-state index in [0.29, 0.717) is 13.1 Å². The van der Waals surface area contributed by atoms with Crippen LogP contribution in [0.1, 0.15) is 11.1 Å². The summed E-state index contributed by atoms with van der Waals surface area (Å²) in [5, 5.41) is 5.07. The Morgan fingerprint density at radius 1 is 1.48 bits per heavy atom. The summed E-state index contributed by atoms with van der Waals surface area (Å²) in [4.78, 5) is 14.1. The van der Waals surface area contributed by atoms with Crippen molar-refractivity contribution < 1.29 is 9.53 Å². The van der Waals surface area contributed by atoms with E-state index in [1.807, 2.05) is 30.1 Å². The van der Waals surface area contributed by atoms with Crippen molar-refractivity contribution >= 4 is 33.2 Å². The second-order valence-electron chi connectivity index (χ2n) is 5.79. The van der Waals surface area contributed by atoms with Crippen molar-refractivity contribution in [1.29, 1.82) is 0 Å². The summed E-state index contributed by atoms with van der Waals surface area (Å²) in [6.45, 7) is 1.69. The van der Waals surface area contributed by atoms with Crippen molar-refractivity contribution in [2.45, 2.75) is 19.1 Å². The van der Waals surface area contributed by atoms with Crippen LogP contribution in [0.15, 0.2) is 39.5 Å². The quantitative estimate of drug-likeness (QED) is 0.818. The van der Waals surface area contributed by atoms with Crippen molar-refractivity contribution in [3.05, 3.63) is 50.6 Å². The van der Waals surface area contributed by atoms with Crippen LogP contribution >= 0.6 is 27.3 Å². The highest BCUT2D eigenvalue weighted by molar-refractivity contribution is 9.11. The molecule has 0 fully saturated rings. The van der Waals surface area contributed by atoms with Crippen molar-refractivity contribution in [3.63, 3.8) is 0 Å². The Balaban J connectivity index is 1.40. The number of nitrogens with zero attached hydrogens (tertiary/aromatic N) is 1. The number of likely N-dealkylation sites (N-methyl/N-ethyl adjacent to an activating group) is 1. The number of ether oxygens (including phenoxy) is 1. The van der Waals surface area contributed by atoms with Gasteiger partial charge in [0.1, 0.15) is 11.9 Å². The number of carbonyl (C=O) groups excluding carboxylic acids is 1. The van der Waals surface area contributed by atoms with Crippen LogP contribution in [0.25, 0.3) is 0 Å². The highest BCUT2D eigenvalue weighted by atomic mass is 79.9. The molecule has 0 saturated heterocycles.